The van der Waals surface area contributed by atoms with Crippen LogP contribution < -0.4 is 10.6 Å². The number of aliphatic hydroxyl groups is 1. The van der Waals surface area contributed by atoms with E-state index < -0.39 is 5.60 Å². The molecule has 0 spiro atoms. The van der Waals surface area contributed by atoms with Crippen molar-refractivity contribution in [1.82, 2.24) is 15.5 Å². The Morgan fingerprint density at radius 2 is 2.10 bits per heavy atom. The van der Waals surface area contributed by atoms with Crippen molar-refractivity contribution in [1.29, 1.82) is 0 Å². The molecule has 0 aromatic heterocycles. The highest BCUT2D eigenvalue weighted by molar-refractivity contribution is 5.74. The lowest BCUT2D eigenvalue weighted by atomic mass is 10.00. The first-order valence-corrected chi connectivity index (χ1v) is 8.46. The summed E-state index contributed by atoms with van der Waals surface area (Å²) < 4.78 is 0. The summed E-state index contributed by atoms with van der Waals surface area (Å²) in [7, 11) is 0. The van der Waals surface area contributed by atoms with Gasteiger partial charge in [0.1, 0.15) is 0 Å². The second-order valence-electron chi connectivity index (χ2n) is 7.17. The Balaban J connectivity index is 1.64. The van der Waals surface area contributed by atoms with E-state index >= 15 is 0 Å². The lowest BCUT2D eigenvalue weighted by Crippen LogP contribution is -2.50. The minimum Gasteiger partial charge on any atom is -0.388 e. The zero-order valence-electron chi connectivity index (χ0n) is 13.5. The van der Waals surface area contributed by atoms with Crippen molar-refractivity contribution in [3.8, 4) is 0 Å². The molecule has 2 rings (SSSR count). The summed E-state index contributed by atoms with van der Waals surface area (Å²) in [5, 5.41) is 16.0. The molecule has 1 aliphatic heterocycles. The van der Waals surface area contributed by atoms with Gasteiger partial charge in [-0.25, -0.2) is 4.79 Å². The zero-order chi connectivity index (χ0) is 15.3. The Hall–Kier alpha value is -0.810. The zero-order valence-corrected chi connectivity index (χ0v) is 13.5. The van der Waals surface area contributed by atoms with Crippen LogP contribution in [0.1, 0.15) is 52.4 Å². The number of nitrogens with one attached hydrogen (secondary N) is 2. The third kappa shape index (κ3) is 5.47. The number of piperidine rings is 1. The van der Waals surface area contributed by atoms with Crippen molar-refractivity contribution in [2.45, 2.75) is 64.0 Å². The van der Waals surface area contributed by atoms with Crippen LogP contribution in [0.15, 0.2) is 0 Å². The second-order valence-corrected chi connectivity index (χ2v) is 7.17. The highest BCUT2D eigenvalue weighted by Crippen LogP contribution is 2.28. The van der Waals surface area contributed by atoms with Crippen LogP contribution in [0.25, 0.3) is 0 Å². The SMILES string of the molecule is CC1CCCN(CC(C)NC(=O)NCC2(O)CCCC2)C1. The first-order chi connectivity index (χ1) is 9.97. The highest BCUT2D eigenvalue weighted by atomic mass is 16.3. The molecule has 0 bridgehead atoms. The molecule has 1 aliphatic carbocycles. The molecule has 0 radical (unpaired) electrons. The fourth-order valence-corrected chi connectivity index (χ4v) is 3.61. The van der Waals surface area contributed by atoms with Crippen molar-refractivity contribution in [3.63, 3.8) is 0 Å². The first-order valence-electron chi connectivity index (χ1n) is 8.46. The molecular formula is C16H31N3O2. The minimum atomic E-state index is -0.678. The van der Waals surface area contributed by atoms with Crippen LogP contribution in [0, 0.1) is 5.92 Å². The predicted molar refractivity (Wildman–Crippen MR) is 84.3 cm³/mol. The molecule has 1 saturated heterocycles. The fraction of sp³-hybridized carbons (Fsp3) is 0.938. The Labute approximate surface area is 128 Å². The summed E-state index contributed by atoms with van der Waals surface area (Å²) in [6.07, 6.45) is 6.29. The molecule has 5 nitrogen and oxygen atoms in total. The van der Waals surface area contributed by atoms with E-state index in [0.29, 0.717) is 6.54 Å². The number of hydrogen-bond donors (Lipinski definition) is 3. The predicted octanol–water partition coefficient (Wildman–Crippen LogP) is 1.71. The lowest BCUT2D eigenvalue weighted by Gasteiger charge is -2.33. The molecule has 2 atom stereocenters. The molecule has 0 aromatic rings. The molecule has 3 N–H and O–H groups in total. The number of carbonyl (C=O) groups is 1. The van der Waals surface area contributed by atoms with E-state index in [4.69, 9.17) is 0 Å². The Bertz CT molecular complexity index is 342. The lowest BCUT2D eigenvalue weighted by molar-refractivity contribution is 0.0499. The number of hydrogen-bond acceptors (Lipinski definition) is 3. The van der Waals surface area contributed by atoms with Gasteiger partial charge >= 0.3 is 6.03 Å². The minimum absolute atomic E-state index is 0.133. The van der Waals surface area contributed by atoms with E-state index in [1.54, 1.807) is 0 Å². The van der Waals surface area contributed by atoms with Gasteiger partial charge in [0.15, 0.2) is 0 Å². The van der Waals surface area contributed by atoms with Crippen LogP contribution >= 0.6 is 0 Å². The number of amides is 2. The molecule has 0 aromatic carbocycles. The van der Waals surface area contributed by atoms with Crippen LogP contribution in [0.3, 0.4) is 0 Å². The van der Waals surface area contributed by atoms with Crippen LogP contribution in [-0.4, -0.2) is 53.9 Å². The van der Waals surface area contributed by atoms with Crippen LogP contribution in [0.2, 0.25) is 0 Å². The maximum Gasteiger partial charge on any atom is 0.315 e. The molecule has 21 heavy (non-hydrogen) atoms. The quantitative estimate of drug-likeness (QED) is 0.724. The van der Waals surface area contributed by atoms with E-state index in [9.17, 15) is 9.90 Å². The fourth-order valence-electron chi connectivity index (χ4n) is 3.61. The largest absolute Gasteiger partial charge is 0.388 e. The highest BCUT2D eigenvalue weighted by Gasteiger charge is 2.31. The van der Waals surface area contributed by atoms with Crippen LogP contribution in [0.4, 0.5) is 4.79 Å². The Morgan fingerprint density at radius 1 is 1.38 bits per heavy atom. The van der Waals surface area contributed by atoms with E-state index in [2.05, 4.69) is 22.5 Å². The first kappa shape index (κ1) is 16.6. The third-order valence-corrected chi connectivity index (χ3v) is 4.76. The standard InChI is InChI=1S/C16H31N3O2/c1-13-6-5-9-19(10-13)11-14(2)18-15(20)17-12-16(21)7-3-4-8-16/h13-14,21H,3-12H2,1-2H3,(H2,17,18,20). The number of urea groups is 1. The van der Waals surface area contributed by atoms with Gasteiger partial charge in [-0.15, -0.1) is 0 Å². The van der Waals surface area contributed by atoms with Gasteiger partial charge in [0.2, 0.25) is 0 Å². The van der Waals surface area contributed by atoms with E-state index in [0.717, 1.165) is 51.2 Å². The summed E-state index contributed by atoms with van der Waals surface area (Å²) in [6, 6.07) is -0.0265. The molecular weight excluding hydrogens is 266 g/mol. The molecule has 5 heteroatoms. The van der Waals surface area contributed by atoms with Gasteiger partial charge in [0.25, 0.3) is 0 Å². The van der Waals surface area contributed by atoms with Crippen molar-refractivity contribution < 1.29 is 9.90 Å². The molecule has 2 fully saturated rings. The van der Waals surface area contributed by atoms with Gasteiger partial charge < -0.3 is 20.6 Å². The summed E-state index contributed by atoms with van der Waals surface area (Å²) in [5.41, 5.74) is -0.678. The molecule has 2 amide bonds. The normalized spacial score (nSPS) is 27.3. The van der Waals surface area contributed by atoms with Crippen molar-refractivity contribution in [3.05, 3.63) is 0 Å². The van der Waals surface area contributed by atoms with E-state index in [1.165, 1.54) is 12.8 Å². The van der Waals surface area contributed by atoms with E-state index in [1.807, 2.05) is 6.92 Å². The average Bonchev–Trinajstić information content (AvgIpc) is 2.84. The Kier molecular flexibility index (Phi) is 5.88. The summed E-state index contributed by atoms with van der Waals surface area (Å²) in [5.74, 6) is 0.761. The monoisotopic (exact) mass is 297 g/mol. The van der Waals surface area contributed by atoms with Crippen molar-refractivity contribution in [2.75, 3.05) is 26.2 Å². The average molecular weight is 297 g/mol. The molecule has 1 saturated carbocycles. The Morgan fingerprint density at radius 3 is 2.76 bits per heavy atom. The molecule has 1 heterocycles. The second kappa shape index (κ2) is 7.45. The van der Waals surface area contributed by atoms with E-state index in [-0.39, 0.29) is 12.1 Å². The summed E-state index contributed by atoms with van der Waals surface area (Å²) in [6.45, 7) is 7.88. The van der Waals surface area contributed by atoms with Gasteiger partial charge in [-0.1, -0.05) is 19.8 Å². The van der Waals surface area contributed by atoms with Crippen LogP contribution in [0.5, 0.6) is 0 Å². The van der Waals surface area contributed by atoms with Gasteiger partial charge in [-0.2, -0.15) is 0 Å². The number of rotatable bonds is 5. The molecule has 2 aliphatic rings. The topological polar surface area (TPSA) is 64.6 Å². The maximum atomic E-state index is 11.9. The maximum absolute atomic E-state index is 11.9. The van der Waals surface area contributed by atoms with Gasteiger partial charge in [-0.3, -0.25) is 0 Å². The number of carbonyl (C=O) groups excluding carboxylic acids is 1. The van der Waals surface area contributed by atoms with Crippen molar-refractivity contribution >= 4 is 6.03 Å². The summed E-state index contributed by atoms with van der Waals surface area (Å²) in [4.78, 5) is 14.3. The van der Waals surface area contributed by atoms with Crippen molar-refractivity contribution in [2.24, 2.45) is 5.92 Å². The van der Waals surface area contributed by atoms with Gasteiger partial charge in [0, 0.05) is 25.7 Å². The van der Waals surface area contributed by atoms with Gasteiger partial charge in [0.05, 0.1) is 5.60 Å². The third-order valence-electron chi connectivity index (χ3n) is 4.76. The molecule has 2 unspecified atom stereocenters. The number of nitrogens with zero attached hydrogens (tertiary/aromatic N) is 1. The number of likely N-dealkylation sites (tertiary alicyclic amines) is 1. The smallest absolute Gasteiger partial charge is 0.315 e. The van der Waals surface area contributed by atoms with Crippen LogP contribution in [-0.2, 0) is 0 Å². The molecule has 122 valence electrons. The summed E-state index contributed by atoms with van der Waals surface area (Å²) >= 11 is 0. The van der Waals surface area contributed by atoms with Gasteiger partial charge in [-0.05, 0) is 45.1 Å².